The van der Waals surface area contributed by atoms with E-state index in [-0.39, 0.29) is 29.7 Å². The number of piperidine rings is 1. The number of pyridine rings is 1. The second-order valence-electron chi connectivity index (χ2n) is 10.6. The van der Waals surface area contributed by atoms with E-state index in [4.69, 9.17) is 19.8 Å². The lowest BCUT2D eigenvalue weighted by Gasteiger charge is -2.24. The summed E-state index contributed by atoms with van der Waals surface area (Å²) >= 11 is 0. The first-order valence-corrected chi connectivity index (χ1v) is 14.5. The third kappa shape index (κ3) is 6.20. The van der Waals surface area contributed by atoms with Crippen LogP contribution in [0.5, 0.6) is 5.75 Å². The van der Waals surface area contributed by atoms with Crippen LogP contribution in [-0.2, 0) is 11.3 Å². The quantitative estimate of drug-likeness (QED) is 0.195. The molecule has 3 N–H and O–H groups in total. The molecule has 0 atom stereocenters. The SMILES string of the molecule is CCOc1cc(F)c(Cn2nc(-c3ncc(C4CCNCC4)c(Nc4ccnc(NC(C)=O)c4)n3)c3ccccc32)c(F)c1. The van der Waals surface area contributed by atoms with Crippen LogP contribution < -0.4 is 20.7 Å². The van der Waals surface area contributed by atoms with Crippen LogP contribution >= 0.6 is 0 Å². The maximum absolute atomic E-state index is 15.0. The maximum atomic E-state index is 15.0. The van der Waals surface area contributed by atoms with Gasteiger partial charge < -0.3 is 20.7 Å². The molecule has 1 amide bonds. The van der Waals surface area contributed by atoms with Crippen molar-refractivity contribution < 1.29 is 18.3 Å². The summed E-state index contributed by atoms with van der Waals surface area (Å²) in [6.45, 7) is 5.13. The molecule has 12 heteroatoms. The number of hydrogen-bond acceptors (Lipinski definition) is 8. The first-order valence-electron chi connectivity index (χ1n) is 14.5. The summed E-state index contributed by atoms with van der Waals surface area (Å²) in [7, 11) is 0. The van der Waals surface area contributed by atoms with Crippen LogP contribution in [0.1, 0.15) is 43.7 Å². The number of nitrogens with one attached hydrogen (secondary N) is 3. The van der Waals surface area contributed by atoms with Gasteiger partial charge in [0.1, 0.15) is 34.7 Å². The average molecular weight is 599 g/mol. The van der Waals surface area contributed by atoms with Gasteiger partial charge in [0.05, 0.1) is 18.7 Å². The van der Waals surface area contributed by atoms with Crippen molar-refractivity contribution in [3.8, 4) is 17.3 Å². The number of ether oxygens (including phenoxy) is 1. The lowest BCUT2D eigenvalue weighted by molar-refractivity contribution is -0.114. The van der Waals surface area contributed by atoms with Gasteiger partial charge in [-0.15, -0.1) is 0 Å². The van der Waals surface area contributed by atoms with Crippen LogP contribution in [0, 0.1) is 11.6 Å². The Morgan fingerprint density at radius 3 is 2.61 bits per heavy atom. The highest BCUT2D eigenvalue weighted by Crippen LogP contribution is 2.34. The van der Waals surface area contributed by atoms with E-state index >= 15 is 8.78 Å². The first-order chi connectivity index (χ1) is 21.4. The number of anilines is 3. The minimum atomic E-state index is -0.709. The van der Waals surface area contributed by atoms with E-state index < -0.39 is 11.6 Å². The number of para-hydroxylation sites is 1. The molecule has 6 rings (SSSR count). The molecule has 0 spiro atoms. The minimum absolute atomic E-state index is 0.120. The molecule has 0 bridgehead atoms. The van der Waals surface area contributed by atoms with Crippen LogP contribution in [-0.4, -0.2) is 50.3 Å². The van der Waals surface area contributed by atoms with Gasteiger partial charge >= 0.3 is 0 Å². The van der Waals surface area contributed by atoms with Crippen molar-refractivity contribution in [2.45, 2.75) is 39.2 Å². The number of aromatic nitrogens is 5. The molecule has 0 saturated carbocycles. The molecule has 4 heterocycles. The number of benzene rings is 2. The summed E-state index contributed by atoms with van der Waals surface area (Å²) in [4.78, 5) is 25.5. The van der Waals surface area contributed by atoms with Crippen LogP contribution in [0.3, 0.4) is 0 Å². The third-order valence-corrected chi connectivity index (χ3v) is 7.53. The van der Waals surface area contributed by atoms with Crippen LogP contribution in [0.2, 0.25) is 0 Å². The van der Waals surface area contributed by atoms with Gasteiger partial charge in [0, 0.05) is 59.7 Å². The number of amides is 1. The monoisotopic (exact) mass is 598 g/mol. The van der Waals surface area contributed by atoms with E-state index in [1.807, 2.05) is 30.5 Å². The summed E-state index contributed by atoms with van der Waals surface area (Å²) in [5, 5.41) is 15.0. The molecule has 0 radical (unpaired) electrons. The Morgan fingerprint density at radius 2 is 1.86 bits per heavy atom. The van der Waals surface area contributed by atoms with Crippen molar-refractivity contribution in [2.24, 2.45) is 0 Å². The third-order valence-electron chi connectivity index (χ3n) is 7.53. The zero-order valence-corrected chi connectivity index (χ0v) is 24.4. The van der Waals surface area contributed by atoms with Crippen molar-refractivity contribution in [3.05, 3.63) is 83.7 Å². The molecule has 1 saturated heterocycles. The van der Waals surface area contributed by atoms with E-state index in [9.17, 15) is 4.79 Å². The molecule has 44 heavy (non-hydrogen) atoms. The Balaban J connectivity index is 1.40. The number of carbonyl (C=O) groups is 1. The molecule has 226 valence electrons. The summed E-state index contributed by atoms with van der Waals surface area (Å²) in [6, 6.07) is 13.4. The lowest BCUT2D eigenvalue weighted by atomic mass is 9.91. The molecular formula is C32H32F2N8O2. The molecule has 5 aromatic rings. The van der Waals surface area contributed by atoms with Gasteiger partial charge in [0.15, 0.2) is 5.82 Å². The fraction of sp³-hybridized carbons (Fsp3) is 0.281. The second-order valence-corrected chi connectivity index (χ2v) is 10.6. The van der Waals surface area contributed by atoms with Crippen LogP contribution in [0.4, 0.5) is 26.1 Å². The van der Waals surface area contributed by atoms with Gasteiger partial charge in [0.25, 0.3) is 0 Å². The van der Waals surface area contributed by atoms with Crippen molar-refractivity contribution in [1.82, 2.24) is 30.0 Å². The van der Waals surface area contributed by atoms with Gasteiger partial charge in [-0.3, -0.25) is 9.48 Å². The predicted octanol–water partition coefficient (Wildman–Crippen LogP) is 5.78. The van der Waals surface area contributed by atoms with Gasteiger partial charge in [-0.1, -0.05) is 18.2 Å². The molecule has 10 nitrogen and oxygen atoms in total. The van der Waals surface area contributed by atoms with Crippen molar-refractivity contribution in [1.29, 1.82) is 0 Å². The Labute approximate surface area is 252 Å². The highest BCUT2D eigenvalue weighted by atomic mass is 19.1. The maximum Gasteiger partial charge on any atom is 0.222 e. The lowest BCUT2D eigenvalue weighted by Crippen LogP contribution is -2.27. The summed E-state index contributed by atoms with van der Waals surface area (Å²) in [5.41, 5.74) is 2.71. The smallest absolute Gasteiger partial charge is 0.222 e. The van der Waals surface area contributed by atoms with Gasteiger partial charge in [-0.05, 0) is 50.9 Å². The number of nitrogens with zero attached hydrogens (tertiary/aromatic N) is 5. The van der Waals surface area contributed by atoms with Crippen LogP contribution in [0.15, 0.2) is 60.9 Å². The number of fused-ring (bicyclic) bond motifs is 1. The second kappa shape index (κ2) is 12.7. The standard InChI is InChI=1S/C32H32F2N8O2/c1-3-44-22-15-26(33)25(27(34)16-22)18-42-28-7-5-4-6-23(28)30(41-42)32-37-17-24(20-8-11-35-12-9-20)31(40-32)39-21-10-13-36-29(14-21)38-19(2)43/h4-7,10,13-17,20,35H,3,8-9,11-12,18H2,1-2H3,(H2,36,37,38,39,40,43). The van der Waals surface area contributed by atoms with Crippen molar-refractivity contribution in [3.63, 3.8) is 0 Å². The van der Waals surface area contributed by atoms with E-state index in [0.29, 0.717) is 41.0 Å². The summed E-state index contributed by atoms with van der Waals surface area (Å²) < 4.78 is 36.9. The molecule has 1 fully saturated rings. The Bertz CT molecular complexity index is 1800. The number of hydrogen-bond donors (Lipinski definition) is 3. The zero-order valence-electron chi connectivity index (χ0n) is 24.4. The fourth-order valence-corrected chi connectivity index (χ4v) is 5.47. The normalized spacial score (nSPS) is 13.6. The summed E-state index contributed by atoms with van der Waals surface area (Å²) in [5.74, 6) is 0.134. The topological polar surface area (TPSA) is 119 Å². The Hall–Kier alpha value is -4.97. The Morgan fingerprint density at radius 1 is 1.09 bits per heavy atom. The minimum Gasteiger partial charge on any atom is -0.494 e. The van der Waals surface area contributed by atoms with Gasteiger partial charge in [0.2, 0.25) is 5.91 Å². The summed E-state index contributed by atoms with van der Waals surface area (Å²) in [6.07, 6.45) is 5.30. The predicted molar refractivity (Wildman–Crippen MR) is 164 cm³/mol. The average Bonchev–Trinajstić information content (AvgIpc) is 3.38. The van der Waals surface area contributed by atoms with Crippen molar-refractivity contribution in [2.75, 3.05) is 30.3 Å². The highest BCUT2D eigenvalue weighted by Gasteiger charge is 2.23. The van der Waals surface area contributed by atoms with Gasteiger partial charge in [-0.2, -0.15) is 5.10 Å². The largest absolute Gasteiger partial charge is 0.494 e. The van der Waals surface area contributed by atoms with E-state index in [1.54, 1.807) is 29.9 Å². The number of rotatable bonds is 9. The molecule has 3 aromatic heterocycles. The van der Waals surface area contributed by atoms with Gasteiger partial charge in [-0.25, -0.2) is 23.7 Å². The number of carbonyl (C=O) groups excluding carboxylic acids is 1. The molecule has 0 unspecified atom stereocenters. The molecule has 1 aliphatic heterocycles. The molecule has 0 aliphatic carbocycles. The zero-order chi connectivity index (χ0) is 30.6. The van der Waals surface area contributed by atoms with E-state index in [1.165, 1.54) is 19.1 Å². The number of halogens is 2. The fourth-order valence-electron chi connectivity index (χ4n) is 5.47. The molecular weight excluding hydrogens is 566 g/mol. The Kier molecular flexibility index (Phi) is 8.42. The first kappa shape index (κ1) is 29.1. The highest BCUT2D eigenvalue weighted by molar-refractivity contribution is 5.92. The molecule has 2 aromatic carbocycles. The van der Waals surface area contributed by atoms with E-state index in [2.05, 4.69) is 20.9 Å². The van der Waals surface area contributed by atoms with Crippen molar-refractivity contribution >= 4 is 34.1 Å². The molecule has 1 aliphatic rings. The van der Waals surface area contributed by atoms with E-state index in [0.717, 1.165) is 36.9 Å². The van der Waals surface area contributed by atoms with Crippen LogP contribution in [0.25, 0.3) is 22.4 Å².